The molecule has 0 bridgehead atoms. The molecule has 1 aromatic carbocycles. The molecule has 1 aliphatic heterocycles. The van der Waals surface area contributed by atoms with Gasteiger partial charge in [-0.15, -0.1) is 0 Å². The van der Waals surface area contributed by atoms with Crippen molar-refractivity contribution in [3.8, 4) is 0 Å². The molecule has 2 unspecified atom stereocenters. The number of esters is 1. The minimum absolute atomic E-state index is 0.171. The van der Waals surface area contributed by atoms with Crippen LogP contribution in [0.25, 0.3) is 0 Å². The van der Waals surface area contributed by atoms with E-state index in [4.69, 9.17) is 10.5 Å². The summed E-state index contributed by atoms with van der Waals surface area (Å²) in [5, 5.41) is 3.34. The second-order valence-corrected chi connectivity index (χ2v) is 4.41. The molecule has 0 amide bonds. The lowest BCUT2D eigenvalue weighted by Gasteiger charge is -2.19. The zero-order valence-corrected chi connectivity index (χ0v) is 10.6. The van der Waals surface area contributed by atoms with E-state index in [9.17, 15) is 4.79 Å². The van der Waals surface area contributed by atoms with Crippen LogP contribution >= 0.6 is 0 Å². The number of nitrogens with one attached hydrogen (secondary N) is 1. The Kier molecular flexibility index (Phi) is 3.72. The van der Waals surface area contributed by atoms with Gasteiger partial charge in [0.1, 0.15) is 0 Å². The molecule has 18 heavy (non-hydrogen) atoms. The van der Waals surface area contributed by atoms with E-state index >= 15 is 0 Å². The highest BCUT2D eigenvalue weighted by Gasteiger charge is 2.24. The molecule has 0 aromatic heterocycles. The Morgan fingerprint density at radius 2 is 2.33 bits per heavy atom. The third-order valence-corrected chi connectivity index (χ3v) is 3.19. The summed E-state index contributed by atoms with van der Waals surface area (Å²) in [6, 6.07) is 5.38. The van der Waals surface area contributed by atoms with Crippen molar-refractivity contribution in [1.29, 1.82) is 0 Å². The summed E-state index contributed by atoms with van der Waals surface area (Å²) in [6.45, 7) is 2.79. The van der Waals surface area contributed by atoms with Crippen LogP contribution in [0.1, 0.15) is 23.7 Å². The monoisotopic (exact) mass is 250 g/mol. The van der Waals surface area contributed by atoms with Crippen LogP contribution < -0.4 is 11.1 Å². The van der Waals surface area contributed by atoms with Crippen LogP contribution in [0.5, 0.6) is 0 Å². The lowest BCUT2D eigenvalue weighted by molar-refractivity contribution is 0.0601. The van der Waals surface area contributed by atoms with Gasteiger partial charge in [0, 0.05) is 6.61 Å². The number of nitrogens with two attached hydrogens (primary N) is 1. The van der Waals surface area contributed by atoms with Gasteiger partial charge < -0.3 is 20.5 Å². The number of nitrogen functional groups attached to an aromatic ring is 1. The fourth-order valence-corrected chi connectivity index (χ4v) is 2.06. The first kappa shape index (κ1) is 12.7. The fraction of sp³-hybridized carbons (Fsp3) is 0.462. The number of anilines is 2. The van der Waals surface area contributed by atoms with E-state index in [0.29, 0.717) is 11.3 Å². The van der Waals surface area contributed by atoms with Gasteiger partial charge in [-0.05, 0) is 31.5 Å². The fourth-order valence-electron chi connectivity index (χ4n) is 2.06. The summed E-state index contributed by atoms with van der Waals surface area (Å²) in [5.74, 6) is -0.384. The zero-order valence-electron chi connectivity index (χ0n) is 10.6. The van der Waals surface area contributed by atoms with Gasteiger partial charge in [-0.25, -0.2) is 4.79 Å². The maximum Gasteiger partial charge on any atom is 0.337 e. The van der Waals surface area contributed by atoms with Crippen LogP contribution in [0.3, 0.4) is 0 Å². The minimum atomic E-state index is -0.384. The molecule has 0 spiro atoms. The third kappa shape index (κ3) is 2.56. The predicted octanol–water partition coefficient (Wildman–Crippen LogP) is 1.64. The average Bonchev–Trinajstić information content (AvgIpc) is 2.76. The van der Waals surface area contributed by atoms with Gasteiger partial charge in [0.05, 0.1) is 36.2 Å². The Balaban J connectivity index is 2.12. The minimum Gasteiger partial charge on any atom is -0.465 e. The normalized spacial score (nSPS) is 22.8. The van der Waals surface area contributed by atoms with Gasteiger partial charge in [-0.1, -0.05) is 0 Å². The lowest BCUT2D eigenvalue weighted by atomic mass is 10.1. The third-order valence-electron chi connectivity index (χ3n) is 3.19. The molecule has 1 aliphatic rings. The Labute approximate surface area is 106 Å². The maximum absolute atomic E-state index is 11.4. The molecule has 2 atom stereocenters. The molecule has 5 nitrogen and oxygen atoms in total. The molecule has 5 heteroatoms. The average molecular weight is 250 g/mol. The molecule has 2 rings (SSSR count). The van der Waals surface area contributed by atoms with Crippen LogP contribution in [-0.4, -0.2) is 31.8 Å². The Morgan fingerprint density at radius 3 is 2.89 bits per heavy atom. The Bertz CT molecular complexity index is 448. The van der Waals surface area contributed by atoms with E-state index in [-0.39, 0.29) is 18.1 Å². The number of methoxy groups -OCH3 is 1. The molecule has 3 N–H and O–H groups in total. The SMILES string of the molecule is COC(=O)c1ccc(NC2CCOC2C)c(N)c1. The van der Waals surface area contributed by atoms with Gasteiger partial charge in [0.25, 0.3) is 0 Å². The number of ether oxygens (including phenoxy) is 2. The number of hydrogen-bond acceptors (Lipinski definition) is 5. The van der Waals surface area contributed by atoms with E-state index in [0.717, 1.165) is 18.7 Å². The quantitative estimate of drug-likeness (QED) is 0.630. The molecule has 1 saturated heterocycles. The largest absolute Gasteiger partial charge is 0.465 e. The highest BCUT2D eigenvalue weighted by Crippen LogP contribution is 2.24. The molecule has 1 heterocycles. The van der Waals surface area contributed by atoms with Crippen molar-refractivity contribution in [2.45, 2.75) is 25.5 Å². The van der Waals surface area contributed by atoms with Crippen LogP contribution in [-0.2, 0) is 9.47 Å². The summed E-state index contributed by atoms with van der Waals surface area (Å²) in [5.41, 5.74) is 7.74. The van der Waals surface area contributed by atoms with Gasteiger partial charge in [0.2, 0.25) is 0 Å². The number of benzene rings is 1. The summed E-state index contributed by atoms with van der Waals surface area (Å²) < 4.78 is 10.1. The van der Waals surface area contributed by atoms with Gasteiger partial charge >= 0.3 is 5.97 Å². The molecule has 98 valence electrons. The van der Waals surface area contributed by atoms with E-state index in [1.54, 1.807) is 18.2 Å². The number of carbonyl (C=O) groups excluding carboxylic acids is 1. The first-order valence-electron chi connectivity index (χ1n) is 5.98. The van der Waals surface area contributed by atoms with Crippen LogP contribution in [0, 0.1) is 0 Å². The predicted molar refractivity (Wildman–Crippen MR) is 69.6 cm³/mol. The molecule has 1 aromatic rings. The summed E-state index contributed by atoms with van der Waals surface area (Å²) in [4.78, 5) is 11.4. The van der Waals surface area contributed by atoms with E-state index < -0.39 is 0 Å². The molecule has 0 radical (unpaired) electrons. The first-order valence-corrected chi connectivity index (χ1v) is 5.98. The van der Waals surface area contributed by atoms with Crippen molar-refractivity contribution >= 4 is 17.3 Å². The van der Waals surface area contributed by atoms with Crippen molar-refractivity contribution in [3.05, 3.63) is 23.8 Å². The van der Waals surface area contributed by atoms with Crippen LogP contribution in [0.2, 0.25) is 0 Å². The maximum atomic E-state index is 11.4. The standard InChI is InChI=1S/C13H18N2O3/c1-8-11(5-6-18-8)15-12-4-3-9(7-10(12)14)13(16)17-2/h3-4,7-8,11,15H,5-6,14H2,1-2H3. The zero-order chi connectivity index (χ0) is 13.1. The lowest BCUT2D eigenvalue weighted by Crippen LogP contribution is -2.27. The second-order valence-electron chi connectivity index (χ2n) is 4.41. The van der Waals surface area contributed by atoms with Crippen molar-refractivity contribution in [1.82, 2.24) is 0 Å². The topological polar surface area (TPSA) is 73.6 Å². The van der Waals surface area contributed by atoms with E-state index in [1.807, 2.05) is 6.92 Å². The summed E-state index contributed by atoms with van der Waals surface area (Å²) in [7, 11) is 1.35. The highest BCUT2D eigenvalue weighted by molar-refractivity contribution is 5.91. The van der Waals surface area contributed by atoms with Crippen molar-refractivity contribution < 1.29 is 14.3 Å². The molecular formula is C13H18N2O3. The highest BCUT2D eigenvalue weighted by atomic mass is 16.5. The van der Waals surface area contributed by atoms with Gasteiger partial charge in [-0.3, -0.25) is 0 Å². The van der Waals surface area contributed by atoms with Gasteiger partial charge in [0.15, 0.2) is 0 Å². The molecular weight excluding hydrogens is 232 g/mol. The van der Waals surface area contributed by atoms with Crippen molar-refractivity contribution in [2.75, 3.05) is 24.8 Å². The Morgan fingerprint density at radius 1 is 1.56 bits per heavy atom. The number of carbonyl (C=O) groups is 1. The van der Waals surface area contributed by atoms with E-state index in [2.05, 4.69) is 10.1 Å². The van der Waals surface area contributed by atoms with Crippen LogP contribution in [0.4, 0.5) is 11.4 Å². The Hall–Kier alpha value is -1.75. The van der Waals surface area contributed by atoms with Gasteiger partial charge in [-0.2, -0.15) is 0 Å². The smallest absolute Gasteiger partial charge is 0.337 e. The second kappa shape index (κ2) is 5.27. The molecule has 0 aliphatic carbocycles. The summed E-state index contributed by atoms with van der Waals surface area (Å²) >= 11 is 0. The molecule has 1 fully saturated rings. The summed E-state index contributed by atoms with van der Waals surface area (Å²) in [6.07, 6.45) is 1.13. The number of hydrogen-bond donors (Lipinski definition) is 2. The van der Waals surface area contributed by atoms with Crippen molar-refractivity contribution in [3.63, 3.8) is 0 Å². The van der Waals surface area contributed by atoms with Crippen molar-refractivity contribution in [2.24, 2.45) is 0 Å². The molecule has 0 saturated carbocycles. The van der Waals surface area contributed by atoms with E-state index in [1.165, 1.54) is 7.11 Å². The van der Waals surface area contributed by atoms with Crippen LogP contribution in [0.15, 0.2) is 18.2 Å². The first-order chi connectivity index (χ1) is 8.61. The number of rotatable bonds is 3.